The van der Waals surface area contributed by atoms with E-state index in [2.05, 4.69) is 16.0 Å². The van der Waals surface area contributed by atoms with Gasteiger partial charge >= 0.3 is 0 Å². The second kappa shape index (κ2) is 11.4. The molecule has 0 aliphatic rings. The summed E-state index contributed by atoms with van der Waals surface area (Å²) in [5.41, 5.74) is 3.50. The van der Waals surface area contributed by atoms with Crippen LogP contribution in [0.25, 0.3) is 0 Å². The number of carbonyl (C=O) groups is 2. The minimum Gasteiger partial charge on any atom is -0.332 e. The van der Waals surface area contributed by atoms with Crippen molar-refractivity contribution in [1.82, 2.24) is 5.32 Å². The van der Waals surface area contributed by atoms with Gasteiger partial charge < -0.3 is 16.0 Å². The van der Waals surface area contributed by atoms with Crippen LogP contribution in [0.1, 0.15) is 27.4 Å². The summed E-state index contributed by atoms with van der Waals surface area (Å²) >= 11 is 11.3. The van der Waals surface area contributed by atoms with Crippen LogP contribution >= 0.6 is 23.8 Å². The zero-order valence-electron chi connectivity index (χ0n) is 18.6. The molecule has 4 rings (SSSR count). The lowest BCUT2D eigenvalue weighted by molar-refractivity contribution is -0.120. The zero-order valence-corrected chi connectivity index (χ0v) is 20.1. The summed E-state index contributed by atoms with van der Waals surface area (Å²) in [5.74, 6) is -0.990. The third kappa shape index (κ3) is 6.53. The Kier molecular flexibility index (Phi) is 7.88. The highest BCUT2D eigenvalue weighted by atomic mass is 35.5. The first-order valence-electron chi connectivity index (χ1n) is 10.9. The molecule has 0 spiro atoms. The highest BCUT2D eigenvalue weighted by molar-refractivity contribution is 7.80. The van der Waals surface area contributed by atoms with E-state index < -0.39 is 5.92 Å². The van der Waals surface area contributed by atoms with Gasteiger partial charge in [-0.25, -0.2) is 0 Å². The van der Waals surface area contributed by atoms with Crippen molar-refractivity contribution in [1.29, 1.82) is 0 Å². The molecule has 7 heteroatoms. The monoisotopic (exact) mass is 499 g/mol. The average molecular weight is 500 g/mol. The van der Waals surface area contributed by atoms with Crippen LogP contribution in [-0.2, 0) is 4.79 Å². The topological polar surface area (TPSA) is 70.2 Å². The van der Waals surface area contributed by atoms with Crippen molar-refractivity contribution >= 4 is 52.1 Å². The fourth-order valence-electron chi connectivity index (χ4n) is 3.60. The molecule has 0 saturated heterocycles. The van der Waals surface area contributed by atoms with E-state index in [0.29, 0.717) is 22.0 Å². The van der Waals surface area contributed by atoms with E-state index in [4.69, 9.17) is 23.8 Å². The summed E-state index contributed by atoms with van der Waals surface area (Å²) in [6, 6.07) is 32.9. The Hall–Kier alpha value is -4.00. The van der Waals surface area contributed by atoms with Gasteiger partial charge in [-0.3, -0.25) is 9.59 Å². The Morgan fingerprint density at radius 2 is 1.23 bits per heavy atom. The number of amides is 2. The molecule has 0 atom stereocenters. The third-order valence-electron chi connectivity index (χ3n) is 5.25. The number of nitrogens with one attached hydrogen (secondary N) is 3. The number of rotatable bonds is 6. The Bertz CT molecular complexity index is 1290. The highest BCUT2D eigenvalue weighted by Crippen LogP contribution is 2.25. The van der Waals surface area contributed by atoms with Gasteiger partial charge in [-0.15, -0.1) is 0 Å². The van der Waals surface area contributed by atoms with Crippen molar-refractivity contribution < 1.29 is 9.59 Å². The molecule has 4 aromatic rings. The van der Waals surface area contributed by atoms with Crippen LogP contribution in [0.2, 0.25) is 5.02 Å². The molecule has 2 amide bonds. The molecule has 0 radical (unpaired) electrons. The van der Waals surface area contributed by atoms with Gasteiger partial charge in [-0.05, 0) is 65.8 Å². The van der Waals surface area contributed by atoms with Gasteiger partial charge in [0, 0.05) is 22.0 Å². The molecule has 3 N–H and O–H groups in total. The van der Waals surface area contributed by atoms with E-state index in [1.54, 1.807) is 48.5 Å². The van der Waals surface area contributed by atoms with Crippen molar-refractivity contribution in [3.8, 4) is 0 Å². The number of benzene rings is 4. The Morgan fingerprint density at radius 3 is 1.77 bits per heavy atom. The number of hydrogen-bond donors (Lipinski definition) is 3. The molecule has 0 saturated carbocycles. The van der Waals surface area contributed by atoms with Crippen LogP contribution in [0.3, 0.4) is 0 Å². The van der Waals surface area contributed by atoms with Gasteiger partial charge in [0.25, 0.3) is 5.91 Å². The summed E-state index contributed by atoms with van der Waals surface area (Å²) in [6.07, 6.45) is 0. The van der Waals surface area contributed by atoms with Gasteiger partial charge in [0.2, 0.25) is 5.91 Å². The maximum atomic E-state index is 13.2. The number of halogens is 1. The maximum Gasteiger partial charge on any atom is 0.255 e. The Morgan fingerprint density at radius 1 is 0.686 bits per heavy atom. The highest BCUT2D eigenvalue weighted by Gasteiger charge is 2.23. The first-order valence-corrected chi connectivity index (χ1v) is 11.7. The summed E-state index contributed by atoms with van der Waals surface area (Å²) in [4.78, 5) is 25.6. The summed E-state index contributed by atoms with van der Waals surface area (Å²) in [6.45, 7) is 0. The molecule has 0 unspecified atom stereocenters. The van der Waals surface area contributed by atoms with E-state index in [9.17, 15) is 9.59 Å². The molecule has 4 aromatic carbocycles. The van der Waals surface area contributed by atoms with Crippen LogP contribution < -0.4 is 16.0 Å². The molecule has 0 heterocycles. The average Bonchev–Trinajstić information content (AvgIpc) is 2.86. The number of thiocarbonyl (C=S) groups is 1. The van der Waals surface area contributed by atoms with Crippen molar-refractivity contribution in [2.75, 3.05) is 10.6 Å². The molecular weight excluding hydrogens is 478 g/mol. The van der Waals surface area contributed by atoms with Gasteiger partial charge in [0.15, 0.2) is 5.11 Å². The Balaban J connectivity index is 1.39. The first-order chi connectivity index (χ1) is 17.0. The lowest BCUT2D eigenvalue weighted by Gasteiger charge is -2.18. The normalized spacial score (nSPS) is 10.5. The van der Waals surface area contributed by atoms with Gasteiger partial charge in [0.05, 0.1) is 5.92 Å². The second-order valence-electron chi connectivity index (χ2n) is 7.74. The Labute approximate surface area is 214 Å². The van der Waals surface area contributed by atoms with Crippen molar-refractivity contribution in [3.63, 3.8) is 0 Å². The fourth-order valence-corrected chi connectivity index (χ4v) is 4.01. The number of anilines is 2. The molecule has 0 aliphatic heterocycles. The number of hydrogen-bond acceptors (Lipinski definition) is 3. The van der Waals surface area contributed by atoms with Gasteiger partial charge in [-0.2, -0.15) is 0 Å². The molecule has 0 aromatic heterocycles. The summed E-state index contributed by atoms with van der Waals surface area (Å²) in [5, 5.41) is 9.32. The van der Waals surface area contributed by atoms with E-state index in [0.717, 1.165) is 11.1 Å². The largest absolute Gasteiger partial charge is 0.332 e. The van der Waals surface area contributed by atoms with Crippen LogP contribution in [0.15, 0.2) is 109 Å². The van der Waals surface area contributed by atoms with Gasteiger partial charge in [-0.1, -0.05) is 78.3 Å². The van der Waals surface area contributed by atoms with Gasteiger partial charge in [0.1, 0.15) is 0 Å². The second-order valence-corrected chi connectivity index (χ2v) is 8.58. The molecule has 35 heavy (non-hydrogen) atoms. The predicted molar refractivity (Wildman–Crippen MR) is 145 cm³/mol. The SMILES string of the molecule is O=C(Nc1ccc(NC(=S)NC(=O)C(c2ccccc2)c2ccccc2)cc1)c1cccc(Cl)c1. The predicted octanol–water partition coefficient (Wildman–Crippen LogP) is 6.24. The van der Waals surface area contributed by atoms with Crippen LogP contribution in [0.4, 0.5) is 11.4 Å². The van der Waals surface area contributed by atoms with E-state index in [1.165, 1.54) is 0 Å². The lowest BCUT2D eigenvalue weighted by Crippen LogP contribution is -2.37. The first kappa shape index (κ1) is 24.1. The van der Waals surface area contributed by atoms with Crippen LogP contribution in [0, 0.1) is 0 Å². The minimum atomic E-state index is -0.499. The number of carbonyl (C=O) groups excluding carboxylic acids is 2. The van der Waals surface area contributed by atoms with Crippen molar-refractivity contribution in [3.05, 3.63) is 131 Å². The molecule has 0 bridgehead atoms. The zero-order chi connectivity index (χ0) is 24.6. The standard InChI is InChI=1S/C28H22ClN3O2S/c29-22-13-7-12-21(18-22)26(33)30-23-14-16-24(17-15-23)31-28(35)32-27(34)25(19-8-3-1-4-9-19)20-10-5-2-6-11-20/h1-18,25H,(H,30,33)(H2,31,32,34,35). The minimum absolute atomic E-state index is 0.183. The lowest BCUT2D eigenvalue weighted by atomic mass is 9.90. The smallest absolute Gasteiger partial charge is 0.255 e. The molecule has 0 fully saturated rings. The van der Waals surface area contributed by atoms with E-state index in [-0.39, 0.29) is 16.9 Å². The van der Waals surface area contributed by atoms with Crippen LogP contribution in [-0.4, -0.2) is 16.9 Å². The summed E-state index contributed by atoms with van der Waals surface area (Å²) < 4.78 is 0. The molecule has 0 aliphatic carbocycles. The molecule has 5 nitrogen and oxygen atoms in total. The van der Waals surface area contributed by atoms with E-state index >= 15 is 0 Å². The molecule has 174 valence electrons. The van der Waals surface area contributed by atoms with Crippen molar-refractivity contribution in [2.24, 2.45) is 0 Å². The van der Waals surface area contributed by atoms with E-state index in [1.807, 2.05) is 60.7 Å². The quantitative estimate of drug-likeness (QED) is 0.275. The maximum absolute atomic E-state index is 13.2. The molecular formula is C28H22ClN3O2S. The van der Waals surface area contributed by atoms with Crippen molar-refractivity contribution in [2.45, 2.75) is 5.92 Å². The summed E-state index contributed by atoms with van der Waals surface area (Å²) in [7, 11) is 0. The third-order valence-corrected chi connectivity index (χ3v) is 5.69. The fraction of sp³-hybridized carbons (Fsp3) is 0.0357. The van der Waals surface area contributed by atoms with Crippen LogP contribution in [0.5, 0.6) is 0 Å².